The van der Waals surface area contributed by atoms with Crippen molar-refractivity contribution in [3.8, 4) is 0 Å². The van der Waals surface area contributed by atoms with E-state index in [0.29, 0.717) is 0 Å². The molecule has 5 heteroatoms. The van der Waals surface area contributed by atoms with E-state index >= 15 is 0 Å². The summed E-state index contributed by atoms with van der Waals surface area (Å²) in [4.78, 5) is 16.9. The van der Waals surface area contributed by atoms with Crippen LogP contribution in [-0.4, -0.2) is 21.0 Å². The second kappa shape index (κ2) is 4.47. The SMILES string of the molecule is O=C(O)c1cn[c-]nc1.[Y]. The average Bonchev–Trinajstić information content (AvgIpc) is 1.90. The Morgan fingerprint density at radius 1 is 1.50 bits per heavy atom. The van der Waals surface area contributed by atoms with Gasteiger partial charge in [0, 0.05) is 39.0 Å². The average molecular weight is 212 g/mol. The van der Waals surface area contributed by atoms with Gasteiger partial charge >= 0.3 is 5.97 Å². The van der Waals surface area contributed by atoms with Gasteiger partial charge in [-0.25, -0.2) is 4.79 Å². The van der Waals surface area contributed by atoms with Crippen molar-refractivity contribution in [1.29, 1.82) is 0 Å². The molecule has 0 bridgehead atoms. The van der Waals surface area contributed by atoms with Crippen molar-refractivity contribution >= 4 is 5.97 Å². The second-order valence-electron chi connectivity index (χ2n) is 1.38. The Hall–Kier alpha value is -0.346. The minimum Gasteiger partial charge on any atom is -0.479 e. The van der Waals surface area contributed by atoms with Crippen LogP contribution in [0.4, 0.5) is 0 Å². The van der Waals surface area contributed by atoms with E-state index in [-0.39, 0.29) is 38.3 Å². The van der Waals surface area contributed by atoms with Gasteiger partial charge in [-0.05, 0) is 5.56 Å². The van der Waals surface area contributed by atoms with E-state index in [9.17, 15) is 4.79 Å². The molecule has 0 atom stereocenters. The summed E-state index contributed by atoms with van der Waals surface area (Å²) in [6.07, 6.45) is 4.60. The van der Waals surface area contributed by atoms with E-state index in [4.69, 9.17) is 5.11 Å². The molecule has 1 N–H and O–H groups in total. The summed E-state index contributed by atoms with van der Waals surface area (Å²) in [7, 11) is 0. The van der Waals surface area contributed by atoms with Crippen molar-refractivity contribution in [2.24, 2.45) is 0 Å². The number of hydrogen-bond acceptors (Lipinski definition) is 3. The Balaban J connectivity index is 0.000000810. The summed E-state index contributed by atoms with van der Waals surface area (Å²) < 4.78 is 0. The molecule has 1 heterocycles. The molecule has 1 radical (unpaired) electrons. The van der Waals surface area contributed by atoms with Crippen molar-refractivity contribution in [3.63, 3.8) is 0 Å². The van der Waals surface area contributed by atoms with E-state index in [2.05, 4.69) is 16.3 Å². The number of nitrogens with zero attached hydrogens (tertiary/aromatic N) is 2. The molecular formula is C5H3N2O2Y-. The fourth-order valence-electron chi connectivity index (χ4n) is 0.374. The number of carboxylic acid groups (broad SMARTS) is 1. The van der Waals surface area contributed by atoms with Crippen LogP contribution in [0.25, 0.3) is 0 Å². The summed E-state index contributed by atoms with van der Waals surface area (Å²) in [5.74, 6) is -1.02. The molecule has 0 amide bonds. The fraction of sp³-hybridized carbons (Fsp3) is 0. The van der Waals surface area contributed by atoms with Gasteiger partial charge in [0.1, 0.15) is 0 Å². The molecule has 1 rings (SSSR count). The zero-order valence-corrected chi connectivity index (χ0v) is 7.82. The van der Waals surface area contributed by atoms with Crippen LogP contribution in [-0.2, 0) is 32.7 Å². The predicted octanol–water partition coefficient (Wildman–Crippen LogP) is -0.0275. The Bertz CT molecular complexity index is 214. The minimum atomic E-state index is -1.02. The molecule has 0 aliphatic rings. The third-order valence-corrected chi connectivity index (χ3v) is 0.770. The van der Waals surface area contributed by atoms with E-state index in [1.54, 1.807) is 0 Å². The zero-order valence-electron chi connectivity index (χ0n) is 4.98. The first kappa shape index (κ1) is 9.65. The molecule has 4 nitrogen and oxygen atoms in total. The van der Waals surface area contributed by atoms with Crippen LogP contribution < -0.4 is 0 Å². The maximum absolute atomic E-state index is 10.1. The maximum atomic E-state index is 10.1. The first-order chi connectivity index (χ1) is 4.30. The number of rotatable bonds is 1. The molecule has 49 valence electrons. The van der Waals surface area contributed by atoms with Crippen molar-refractivity contribution in [1.82, 2.24) is 9.97 Å². The monoisotopic (exact) mass is 212 g/mol. The standard InChI is InChI=1S/C5H3N2O2.Y/c8-5(9)4-1-6-3-7-2-4;/h1-2H,(H,8,9);/q-1;. The smallest absolute Gasteiger partial charge is 0.314 e. The number of aromatic nitrogens is 2. The predicted molar refractivity (Wildman–Crippen MR) is 27.8 cm³/mol. The van der Waals surface area contributed by atoms with Crippen molar-refractivity contribution in [3.05, 3.63) is 24.3 Å². The third-order valence-electron chi connectivity index (χ3n) is 0.770. The Morgan fingerprint density at radius 3 is 2.30 bits per heavy atom. The molecule has 0 unspecified atom stereocenters. The molecule has 0 fully saturated rings. The fourth-order valence-corrected chi connectivity index (χ4v) is 0.374. The molecule has 0 saturated carbocycles. The first-order valence-electron chi connectivity index (χ1n) is 2.22. The topological polar surface area (TPSA) is 63.1 Å². The summed E-state index contributed by atoms with van der Waals surface area (Å²) >= 11 is 0. The van der Waals surface area contributed by atoms with Crippen LogP contribution in [0.3, 0.4) is 0 Å². The Morgan fingerprint density at radius 2 is 2.00 bits per heavy atom. The van der Waals surface area contributed by atoms with Gasteiger partial charge in [-0.2, -0.15) is 0 Å². The van der Waals surface area contributed by atoms with Crippen LogP contribution >= 0.6 is 0 Å². The van der Waals surface area contributed by atoms with Crippen molar-refractivity contribution < 1.29 is 42.6 Å². The van der Waals surface area contributed by atoms with E-state index in [0.717, 1.165) is 0 Å². The van der Waals surface area contributed by atoms with Crippen molar-refractivity contribution in [2.45, 2.75) is 0 Å². The van der Waals surface area contributed by atoms with E-state index in [1.807, 2.05) is 0 Å². The Kier molecular flexibility index (Phi) is 4.31. The quantitative estimate of drug-likeness (QED) is 0.664. The Labute approximate surface area is 82.6 Å². The summed E-state index contributed by atoms with van der Waals surface area (Å²) in [6.45, 7) is 0. The number of carbonyl (C=O) groups is 1. The van der Waals surface area contributed by atoms with Gasteiger partial charge in [0.2, 0.25) is 0 Å². The molecule has 0 aliphatic carbocycles. The number of carboxylic acids is 1. The summed E-state index contributed by atoms with van der Waals surface area (Å²) in [5, 5.41) is 8.29. The molecule has 1 aromatic heterocycles. The van der Waals surface area contributed by atoms with Gasteiger partial charge in [-0.15, -0.1) is 0 Å². The second-order valence-corrected chi connectivity index (χ2v) is 1.38. The summed E-state index contributed by atoms with van der Waals surface area (Å²) in [6, 6.07) is 0. The van der Waals surface area contributed by atoms with Gasteiger partial charge in [0.05, 0.1) is 0 Å². The molecule has 0 aromatic carbocycles. The van der Waals surface area contributed by atoms with Crippen LogP contribution in [0, 0.1) is 6.33 Å². The normalized spacial score (nSPS) is 8.00. The van der Waals surface area contributed by atoms with E-state index < -0.39 is 5.97 Å². The molecular weight excluding hydrogens is 209 g/mol. The zero-order chi connectivity index (χ0) is 6.69. The molecule has 0 spiro atoms. The first-order valence-corrected chi connectivity index (χ1v) is 2.22. The van der Waals surface area contributed by atoms with Gasteiger partial charge in [0.25, 0.3) is 0 Å². The molecule has 0 aliphatic heterocycles. The van der Waals surface area contributed by atoms with Crippen LogP contribution in [0.5, 0.6) is 0 Å². The van der Waals surface area contributed by atoms with Crippen molar-refractivity contribution in [2.75, 3.05) is 0 Å². The van der Waals surface area contributed by atoms with Crippen LogP contribution in [0.1, 0.15) is 10.4 Å². The van der Waals surface area contributed by atoms with Gasteiger partial charge in [0.15, 0.2) is 0 Å². The molecule has 1 aromatic rings. The summed E-state index contributed by atoms with van der Waals surface area (Å²) in [5.41, 5.74) is 0.0775. The molecule has 0 saturated heterocycles. The number of aromatic carboxylic acids is 1. The maximum Gasteiger partial charge on any atom is 0.314 e. The van der Waals surface area contributed by atoms with Crippen LogP contribution in [0.2, 0.25) is 0 Å². The third kappa shape index (κ3) is 2.50. The van der Waals surface area contributed by atoms with Gasteiger partial charge in [-0.1, -0.05) is 12.4 Å². The van der Waals surface area contributed by atoms with Crippen LogP contribution in [0.15, 0.2) is 12.4 Å². The van der Waals surface area contributed by atoms with Gasteiger partial charge in [-0.3, -0.25) is 0 Å². The van der Waals surface area contributed by atoms with E-state index in [1.165, 1.54) is 12.4 Å². The largest absolute Gasteiger partial charge is 0.479 e. The van der Waals surface area contributed by atoms with Gasteiger partial charge < -0.3 is 15.1 Å². The number of hydrogen-bond donors (Lipinski definition) is 1. The minimum absolute atomic E-state index is 0. The molecule has 10 heavy (non-hydrogen) atoms.